The molecule has 20 heteroatoms. The van der Waals surface area contributed by atoms with Crippen LogP contribution in [0.3, 0.4) is 0 Å². The summed E-state index contributed by atoms with van der Waals surface area (Å²) in [5.41, 5.74) is 6.42. The van der Waals surface area contributed by atoms with Crippen LogP contribution in [0.2, 0.25) is 0 Å². The highest BCUT2D eigenvalue weighted by atomic mass is 32.1. The molecular weight excluding hydrogens is 1380 g/mol. The average Bonchev–Trinajstić information content (AvgIpc) is 1.71. The Hall–Kier alpha value is -9.76. The number of hydrazine groups is 2. The standard InChI is InChI=1S/C45H57N5O4S.C42H51N5O4S/c1-10-14-19-34(12-3)27-48(28-35(13-4)20-15-11-2)45-47-41(40-30(6)23-29(5)24-31(40)7)39(55-45)25-37-32(8)38(26-46)44(54)50(43(37)53)49(33(9)51)42(52)36-21-17-16-18-22-36;1-5-7-9-11-13-21-27-45(28-22-14-12-10-8-6-2)42-44-38(33-23-17-15-18-24-33)37(52-42)29-35-31(3)36(30-43)41(51)47(40(35)50)46(32(4)48)39(49)34-25-19-16-20-26-34/h16-18,21-25,34-35H,10-15,19-20,27-28H2,1-9H3;15-20,23-26,29H,5-14,21-22,27-28H2,1-4H3/b37-25-;35-29-. The van der Waals surface area contributed by atoms with Crippen molar-refractivity contribution in [2.24, 2.45) is 11.8 Å². The van der Waals surface area contributed by atoms with Crippen molar-refractivity contribution in [2.75, 3.05) is 36.0 Å². The van der Waals surface area contributed by atoms with Crippen LogP contribution in [-0.2, 0) is 28.8 Å². The molecule has 0 saturated carbocycles. The van der Waals surface area contributed by atoms with Gasteiger partial charge in [0, 0.05) is 73.4 Å². The quantitative estimate of drug-likeness (QED) is 0.0202. The van der Waals surface area contributed by atoms with Crippen molar-refractivity contribution < 1.29 is 38.4 Å². The van der Waals surface area contributed by atoms with Crippen molar-refractivity contribution in [3.63, 3.8) is 0 Å². The SMILES string of the molecule is CCCCC(CC)CN(CC(CC)CCCC)c1nc(-c2c(C)cc(C)cc2C)c(/C=C2\C(=O)N(N(C(C)=O)C(=O)c3ccccc3)C(=O)C(C#N)=C2C)s1.CCCCCCCCN(CCCCCCCC)c1nc(-c2ccccc2)c(/C=C2\C(=O)N(N(C(C)=O)C(=O)c3ccccc3)C(=O)C(C#N)=C2C)s1. The Bertz CT molecular complexity index is 4270. The monoisotopic (exact) mass is 1480 g/mol. The van der Waals surface area contributed by atoms with E-state index in [9.17, 15) is 48.9 Å². The molecule has 0 saturated heterocycles. The normalized spacial score (nSPS) is 14.4. The Labute approximate surface area is 642 Å². The van der Waals surface area contributed by atoms with Gasteiger partial charge in [-0.25, -0.2) is 9.97 Å². The summed E-state index contributed by atoms with van der Waals surface area (Å²) in [4.78, 5) is 126. The maximum Gasteiger partial charge on any atom is 0.291 e. The minimum atomic E-state index is -1.03. The number of carbonyl (C=O) groups excluding carboxylic acids is 8. The fourth-order valence-electron chi connectivity index (χ4n) is 13.7. The van der Waals surface area contributed by atoms with Crippen molar-refractivity contribution in [1.82, 2.24) is 30.0 Å². The maximum atomic E-state index is 14.6. The molecule has 2 unspecified atom stereocenters. The minimum Gasteiger partial charge on any atom is -0.348 e. The number of aromatic nitrogens is 2. The van der Waals surface area contributed by atoms with Crippen LogP contribution in [0.1, 0.15) is 245 Å². The van der Waals surface area contributed by atoms with Crippen LogP contribution in [0.5, 0.6) is 0 Å². The Morgan fingerprint density at radius 2 is 0.841 bits per heavy atom. The van der Waals surface area contributed by atoms with E-state index >= 15 is 0 Å². The predicted octanol–water partition coefficient (Wildman–Crippen LogP) is 19.7. The number of nitrogens with zero attached hydrogens (tertiary/aromatic N) is 10. The molecule has 2 aliphatic rings. The second kappa shape index (κ2) is 42.0. The molecule has 0 fully saturated rings. The molecule has 0 radical (unpaired) electrons. The van der Waals surface area contributed by atoms with Gasteiger partial charge in [0.05, 0.1) is 21.1 Å². The lowest BCUT2D eigenvalue weighted by atomic mass is 9.93. The van der Waals surface area contributed by atoms with Crippen molar-refractivity contribution in [3.8, 4) is 34.7 Å². The first-order chi connectivity index (χ1) is 51.5. The topological polar surface area (TPSA) is 229 Å². The summed E-state index contributed by atoms with van der Waals surface area (Å²) in [6.45, 7) is 28.4. The average molecular weight is 1490 g/mol. The summed E-state index contributed by atoms with van der Waals surface area (Å²) in [7, 11) is 0. The molecule has 2 atom stereocenters. The summed E-state index contributed by atoms with van der Waals surface area (Å²) >= 11 is 2.96. The molecule has 18 nitrogen and oxygen atoms in total. The highest BCUT2D eigenvalue weighted by molar-refractivity contribution is 7.17. The zero-order valence-corrected chi connectivity index (χ0v) is 66.8. The molecule has 0 aliphatic carbocycles. The highest BCUT2D eigenvalue weighted by Crippen LogP contribution is 2.43. The van der Waals surface area contributed by atoms with Crippen molar-refractivity contribution in [1.29, 1.82) is 10.5 Å². The fourth-order valence-corrected chi connectivity index (χ4v) is 15.8. The van der Waals surface area contributed by atoms with Crippen LogP contribution in [0.4, 0.5) is 10.3 Å². The van der Waals surface area contributed by atoms with Gasteiger partial charge in [-0.3, -0.25) is 38.4 Å². The lowest BCUT2D eigenvalue weighted by molar-refractivity contribution is -0.163. The number of unbranched alkanes of at least 4 members (excludes halogenated alkanes) is 12. The van der Waals surface area contributed by atoms with Crippen LogP contribution >= 0.6 is 22.7 Å². The summed E-state index contributed by atoms with van der Waals surface area (Å²) in [6.07, 6.45) is 26.5. The summed E-state index contributed by atoms with van der Waals surface area (Å²) in [5, 5.41) is 24.1. The molecule has 0 N–H and O–H groups in total. The summed E-state index contributed by atoms with van der Waals surface area (Å²) in [6, 6.07) is 33.7. The number of hydrogen-bond acceptors (Lipinski definition) is 16. The van der Waals surface area contributed by atoms with Gasteiger partial charge in [0.1, 0.15) is 23.3 Å². The van der Waals surface area contributed by atoms with E-state index in [1.54, 1.807) is 62.4 Å². The van der Waals surface area contributed by atoms with Crippen molar-refractivity contribution in [2.45, 2.75) is 218 Å². The molecule has 566 valence electrons. The van der Waals surface area contributed by atoms with Crippen LogP contribution < -0.4 is 9.80 Å². The number of carbonyl (C=O) groups is 8. The largest absolute Gasteiger partial charge is 0.348 e. The van der Waals surface area contributed by atoms with Gasteiger partial charge in [-0.1, -0.05) is 251 Å². The summed E-state index contributed by atoms with van der Waals surface area (Å²) in [5.74, 6) is -6.19. The number of amides is 8. The third-order valence-corrected chi connectivity index (χ3v) is 21.9. The molecule has 8 amide bonds. The molecule has 4 aromatic carbocycles. The Morgan fingerprint density at radius 1 is 0.477 bits per heavy atom. The first-order valence-electron chi connectivity index (χ1n) is 38.4. The number of aryl methyl sites for hydroxylation is 3. The van der Waals surface area contributed by atoms with E-state index in [4.69, 9.17) is 9.97 Å². The predicted molar refractivity (Wildman–Crippen MR) is 430 cm³/mol. The van der Waals surface area contributed by atoms with Crippen molar-refractivity contribution in [3.05, 3.63) is 174 Å². The third-order valence-electron chi connectivity index (χ3n) is 19.8. The van der Waals surface area contributed by atoms with Gasteiger partial charge in [-0.05, 0) is 131 Å². The van der Waals surface area contributed by atoms with E-state index in [0.717, 1.165) is 155 Å². The van der Waals surface area contributed by atoms with E-state index in [-0.39, 0.29) is 44.6 Å². The smallest absolute Gasteiger partial charge is 0.291 e. The molecule has 8 rings (SSSR count). The zero-order chi connectivity index (χ0) is 77.9. The van der Waals surface area contributed by atoms with Gasteiger partial charge in [0.15, 0.2) is 10.3 Å². The molecule has 0 spiro atoms. The Balaban J connectivity index is 0.000000299. The van der Waals surface area contributed by atoms with Gasteiger partial charge in [-0.2, -0.15) is 30.6 Å². The van der Waals surface area contributed by atoms with Gasteiger partial charge < -0.3 is 9.80 Å². The van der Waals surface area contributed by atoms with E-state index in [0.29, 0.717) is 53.0 Å². The Kier molecular flexibility index (Phi) is 33.1. The molecule has 2 aliphatic heterocycles. The number of hydrogen-bond donors (Lipinski definition) is 0. The van der Waals surface area contributed by atoms with E-state index in [1.165, 1.54) is 98.3 Å². The molecule has 107 heavy (non-hydrogen) atoms. The molecule has 2 aromatic heterocycles. The van der Waals surface area contributed by atoms with Gasteiger partial charge in [-0.15, -0.1) is 0 Å². The highest BCUT2D eigenvalue weighted by Gasteiger charge is 2.45. The number of thiazole rings is 2. The van der Waals surface area contributed by atoms with E-state index in [2.05, 4.69) is 84.2 Å². The van der Waals surface area contributed by atoms with Crippen LogP contribution in [0.15, 0.2) is 137 Å². The maximum absolute atomic E-state index is 14.6. The molecule has 0 bridgehead atoms. The number of nitriles is 2. The Morgan fingerprint density at radius 3 is 1.22 bits per heavy atom. The zero-order valence-electron chi connectivity index (χ0n) is 65.1. The second-order valence-electron chi connectivity index (χ2n) is 28.0. The van der Waals surface area contributed by atoms with E-state index < -0.39 is 47.3 Å². The van der Waals surface area contributed by atoms with Crippen LogP contribution in [0, 0.1) is 55.3 Å². The minimum absolute atomic E-state index is 0.0361. The number of imide groups is 4. The lowest BCUT2D eigenvalue weighted by Gasteiger charge is -2.34. The van der Waals surface area contributed by atoms with Gasteiger partial charge in [0.25, 0.3) is 35.4 Å². The fraction of sp³-hybridized carbons (Fsp3) is 0.448. The summed E-state index contributed by atoms with van der Waals surface area (Å²) < 4.78 is 0. The lowest BCUT2D eigenvalue weighted by Crippen LogP contribution is -2.57. The third kappa shape index (κ3) is 21.7. The van der Waals surface area contributed by atoms with Crippen LogP contribution in [-0.4, -0.2) is 103 Å². The number of anilines is 2. The first kappa shape index (κ1) is 84.5. The van der Waals surface area contributed by atoms with Gasteiger partial charge >= 0.3 is 0 Å². The van der Waals surface area contributed by atoms with Crippen LogP contribution in [0.25, 0.3) is 34.7 Å². The first-order valence-corrected chi connectivity index (χ1v) is 40.1. The number of benzene rings is 4. The van der Waals surface area contributed by atoms with Gasteiger partial charge in [0.2, 0.25) is 11.8 Å². The van der Waals surface area contributed by atoms with E-state index in [1.807, 2.05) is 42.5 Å². The van der Waals surface area contributed by atoms with Crippen molar-refractivity contribution >= 4 is 92.3 Å². The second-order valence-corrected chi connectivity index (χ2v) is 30.0. The molecular formula is C87H108N10O8S2. The molecule has 6 aromatic rings. The number of rotatable bonds is 36. The molecule has 4 heterocycles.